The number of nitrogens with two attached hydrogens (primary N) is 1. The van der Waals surface area contributed by atoms with Gasteiger partial charge in [-0.05, 0) is 35.7 Å². The Morgan fingerprint density at radius 3 is 2.32 bits per heavy atom. The van der Waals surface area contributed by atoms with E-state index in [-0.39, 0.29) is 5.92 Å². The Hall–Kier alpha value is -1.16. The summed E-state index contributed by atoms with van der Waals surface area (Å²) in [6.45, 7) is 2.42. The number of hydrogen-bond acceptors (Lipinski definition) is 2. The molecule has 100 valence electrons. The highest BCUT2D eigenvalue weighted by molar-refractivity contribution is 9.10. The van der Waals surface area contributed by atoms with Crippen LogP contribution in [0.15, 0.2) is 53.0 Å². The minimum absolute atomic E-state index is 0.0887. The minimum Gasteiger partial charge on any atom is -0.388 e. The summed E-state index contributed by atoms with van der Waals surface area (Å²) >= 11 is 3.42. The average molecular weight is 320 g/mol. The van der Waals surface area contributed by atoms with Gasteiger partial charge in [-0.3, -0.25) is 0 Å². The zero-order chi connectivity index (χ0) is 13.8. The van der Waals surface area contributed by atoms with Crippen molar-refractivity contribution in [2.45, 2.75) is 18.9 Å². The lowest BCUT2D eigenvalue weighted by Gasteiger charge is -2.23. The van der Waals surface area contributed by atoms with E-state index in [0.717, 1.165) is 21.2 Å². The Morgan fingerprint density at radius 1 is 1.11 bits per heavy atom. The Labute approximate surface area is 122 Å². The van der Waals surface area contributed by atoms with Gasteiger partial charge in [0, 0.05) is 16.9 Å². The molecule has 0 aliphatic carbocycles. The first-order chi connectivity index (χ1) is 9.13. The maximum atomic E-state index is 10.6. The summed E-state index contributed by atoms with van der Waals surface area (Å²) in [5.74, 6) is -0.0887. The summed E-state index contributed by atoms with van der Waals surface area (Å²) in [5.41, 5.74) is 8.95. The number of aliphatic hydroxyl groups is 1. The number of halogens is 1. The van der Waals surface area contributed by atoms with E-state index in [4.69, 9.17) is 5.73 Å². The normalized spacial score (nSPS) is 14.1. The van der Waals surface area contributed by atoms with Crippen molar-refractivity contribution in [1.29, 1.82) is 0 Å². The molecule has 0 bridgehead atoms. The third-order valence-electron chi connectivity index (χ3n) is 3.44. The Morgan fingerprint density at radius 2 is 1.74 bits per heavy atom. The van der Waals surface area contributed by atoms with Gasteiger partial charge >= 0.3 is 0 Å². The Kier molecular flexibility index (Phi) is 4.75. The number of aryl methyl sites for hydroxylation is 1. The van der Waals surface area contributed by atoms with Crippen molar-refractivity contribution in [1.82, 2.24) is 0 Å². The molecule has 0 aliphatic rings. The van der Waals surface area contributed by atoms with Crippen molar-refractivity contribution in [3.63, 3.8) is 0 Å². The molecule has 2 atom stereocenters. The molecule has 0 aliphatic heterocycles. The van der Waals surface area contributed by atoms with Gasteiger partial charge in [0.05, 0.1) is 6.10 Å². The van der Waals surface area contributed by atoms with Crippen LogP contribution >= 0.6 is 15.9 Å². The van der Waals surface area contributed by atoms with Gasteiger partial charge in [-0.15, -0.1) is 0 Å². The van der Waals surface area contributed by atoms with E-state index in [0.29, 0.717) is 6.54 Å². The topological polar surface area (TPSA) is 46.2 Å². The van der Waals surface area contributed by atoms with E-state index < -0.39 is 6.10 Å². The molecule has 0 amide bonds. The summed E-state index contributed by atoms with van der Waals surface area (Å²) in [7, 11) is 0. The second-order valence-electron chi connectivity index (χ2n) is 4.70. The smallest absolute Gasteiger partial charge is 0.0873 e. The molecule has 0 saturated heterocycles. The van der Waals surface area contributed by atoms with Crippen LogP contribution in [0.1, 0.15) is 28.7 Å². The SMILES string of the molecule is Cc1ccccc1C(O)C(CN)c1ccc(Br)cc1. The molecule has 2 unspecified atom stereocenters. The molecule has 0 heterocycles. The van der Waals surface area contributed by atoms with Crippen molar-refractivity contribution in [3.05, 3.63) is 69.7 Å². The summed E-state index contributed by atoms with van der Waals surface area (Å²) < 4.78 is 1.03. The van der Waals surface area contributed by atoms with Crippen LogP contribution in [0.25, 0.3) is 0 Å². The van der Waals surface area contributed by atoms with E-state index in [1.807, 2.05) is 55.5 Å². The number of hydrogen-bond donors (Lipinski definition) is 2. The lowest BCUT2D eigenvalue weighted by Crippen LogP contribution is -2.20. The van der Waals surface area contributed by atoms with Crippen molar-refractivity contribution in [2.24, 2.45) is 5.73 Å². The molecule has 0 saturated carbocycles. The van der Waals surface area contributed by atoms with Crippen molar-refractivity contribution in [3.8, 4) is 0 Å². The van der Waals surface area contributed by atoms with E-state index >= 15 is 0 Å². The molecular weight excluding hydrogens is 302 g/mol. The maximum absolute atomic E-state index is 10.6. The predicted molar refractivity (Wildman–Crippen MR) is 82.1 cm³/mol. The van der Waals surface area contributed by atoms with Crippen LogP contribution in [0.5, 0.6) is 0 Å². The molecule has 0 spiro atoms. The lowest BCUT2D eigenvalue weighted by molar-refractivity contribution is 0.147. The second kappa shape index (κ2) is 6.33. The fourth-order valence-corrected chi connectivity index (χ4v) is 2.56. The molecule has 3 N–H and O–H groups in total. The van der Waals surface area contributed by atoms with E-state index in [9.17, 15) is 5.11 Å². The summed E-state index contributed by atoms with van der Waals surface area (Å²) in [4.78, 5) is 0. The number of benzene rings is 2. The molecule has 0 radical (unpaired) electrons. The van der Waals surface area contributed by atoms with Crippen LogP contribution in [0, 0.1) is 6.92 Å². The van der Waals surface area contributed by atoms with Gasteiger partial charge in [0.25, 0.3) is 0 Å². The molecule has 2 aromatic carbocycles. The minimum atomic E-state index is -0.577. The van der Waals surface area contributed by atoms with Gasteiger partial charge < -0.3 is 10.8 Å². The van der Waals surface area contributed by atoms with Crippen LogP contribution in [0.3, 0.4) is 0 Å². The lowest BCUT2D eigenvalue weighted by atomic mass is 9.87. The van der Waals surface area contributed by atoms with Crippen LogP contribution < -0.4 is 5.73 Å². The van der Waals surface area contributed by atoms with Crippen LogP contribution in [0.4, 0.5) is 0 Å². The Balaban J connectivity index is 2.32. The predicted octanol–water partition coefficient (Wildman–Crippen LogP) is 3.53. The highest BCUT2D eigenvalue weighted by Gasteiger charge is 2.22. The van der Waals surface area contributed by atoms with Gasteiger partial charge in [0.15, 0.2) is 0 Å². The molecular formula is C16H18BrNO. The largest absolute Gasteiger partial charge is 0.388 e. The fraction of sp³-hybridized carbons (Fsp3) is 0.250. The van der Waals surface area contributed by atoms with Gasteiger partial charge in [0.1, 0.15) is 0 Å². The van der Waals surface area contributed by atoms with Crippen LogP contribution in [0.2, 0.25) is 0 Å². The number of aliphatic hydroxyl groups excluding tert-OH is 1. The summed E-state index contributed by atoms with van der Waals surface area (Å²) in [5, 5.41) is 10.6. The molecule has 0 fully saturated rings. The highest BCUT2D eigenvalue weighted by atomic mass is 79.9. The van der Waals surface area contributed by atoms with Crippen molar-refractivity contribution >= 4 is 15.9 Å². The standard InChI is InChI=1S/C16H18BrNO/c1-11-4-2-3-5-14(11)16(19)15(10-18)12-6-8-13(17)9-7-12/h2-9,15-16,19H,10,18H2,1H3. The molecule has 19 heavy (non-hydrogen) atoms. The monoisotopic (exact) mass is 319 g/mol. The quantitative estimate of drug-likeness (QED) is 0.905. The first-order valence-corrected chi connectivity index (χ1v) is 7.12. The van der Waals surface area contributed by atoms with Crippen LogP contribution in [-0.2, 0) is 0 Å². The van der Waals surface area contributed by atoms with Crippen molar-refractivity contribution in [2.75, 3.05) is 6.54 Å². The number of rotatable bonds is 4. The average Bonchev–Trinajstić information content (AvgIpc) is 2.42. The first-order valence-electron chi connectivity index (χ1n) is 6.32. The van der Waals surface area contributed by atoms with E-state index in [2.05, 4.69) is 15.9 Å². The van der Waals surface area contributed by atoms with Crippen LogP contribution in [-0.4, -0.2) is 11.7 Å². The third kappa shape index (κ3) is 3.24. The van der Waals surface area contributed by atoms with Gasteiger partial charge in [-0.1, -0.05) is 52.3 Å². The molecule has 0 aromatic heterocycles. The zero-order valence-electron chi connectivity index (χ0n) is 10.9. The summed E-state index contributed by atoms with van der Waals surface area (Å²) in [6.07, 6.45) is -0.577. The van der Waals surface area contributed by atoms with Gasteiger partial charge in [-0.25, -0.2) is 0 Å². The first kappa shape index (κ1) is 14.3. The maximum Gasteiger partial charge on any atom is 0.0873 e. The van der Waals surface area contributed by atoms with E-state index in [1.54, 1.807) is 0 Å². The summed E-state index contributed by atoms with van der Waals surface area (Å²) in [6, 6.07) is 15.8. The molecule has 2 aromatic rings. The molecule has 2 rings (SSSR count). The van der Waals surface area contributed by atoms with Gasteiger partial charge in [-0.2, -0.15) is 0 Å². The second-order valence-corrected chi connectivity index (χ2v) is 5.61. The van der Waals surface area contributed by atoms with E-state index in [1.165, 1.54) is 0 Å². The molecule has 2 nitrogen and oxygen atoms in total. The molecule has 3 heteroatoms. The zero-order valence-corrected chi connectivity index (χ0v) is 12.5. The van der Waals surface area contributed by atoms with Gasteiger partial charge in [0.2, 0.25) is 0 Å². The van der Waals surface area contributed by atoms with Crippen molar-refractivity contribution < 1.29 is 5.11 Å². The highest BCUT2D eigenvalue weighted by Crippen LogP contribution is 2.32. The third-order valence-corrected chi connectivity index (χ3v) is 3.97. The Bertz CT molecular complexity index is 539. The fourth-order valence-electron chi connectivity index (χ4n) is 2.29.